The molecule has 0 bridgehead atoms. The lowest BCUT2D eigenvalue weighted by Gasteiger charge is -2.42. The lowest BCUT2D eigenvalue weighted by atomic mass is 9.76. The highest BCUT2D eigenvalue weighted by molar-refractivity contribution is 6.12. The maximum atomic E-state index is 14.6. The number of hydrogen-bond acceptors (Lipinski definition) is 10. The standard InChI is InChI=1S/C47H71N5O10/c1-29(2)33(27-30(3)40(57)48-32(28-37(56)61-45(7,8)9)34(53)23-20-26-52-35(54)24-25-36(52)55)50(15)42(59)38(44(4,5)6)49-41(58)39(51(16)43(60)62-46(10,11)12)47(13,14)31-21-18-17-19-22-31/h17-19,21-22,24-25,27,29,32-33,38-39H,20,23,26,28H2,1-16H3,(H,48,57)(H,49,58)/b30-27+/t32-,33-,38-,39-/m1/s1. The van der Waals surface area contributed by atoms with E-state index in [1.165, 1.54) is 23.8 Å². The van der Waals surface area contributed by atoms with Crippen molar-refractivity contribution in [1.82, 2.24) is 25.3 Å². The van der Waals surface area contributed by atoms with Crippen molar-refractivity contribution in [3.8, 4) is 0 Å². The highest BCUT2D eigenvalue weighted by Crippen LogP contribution is 2.32. The van der Waals surface area contributed by atoms with Crippen LogP contribution in [0.4, 0.5) is 4.79 Å². The highest BCUT2D eigenvalue weighted by atomic mass is 16.6. The quantitative estimate of drug-likeness (QED) is 0.106. The zero-order valence-corrected chi connectivity index (χ0v) is 39.8. The molecule has 15 heteroatoms. The van der Waals surface area contributed by atoms with E-state index >= 15 is 0 Å². The molecule has 344 valence electrons. The Hall–Kier alpha value is -5.34. The van der Waals surface area contributed by atoms with Crippen LogP contribution in [0.2, 0.25) is 0 Å². The second-order valence-electron chi connectivity index (χ2n) is 20.0. The van der Waals surface area contributed by atoms with E-state index in [4.69, 9.17) is 9.47 Å². The average Bonchev–Trinajstić information content (AvgIpc) is 3.45. The molecule has 1 heterocycles. The van der Waals surface area contributed by atoms with E-state index in [2.05, 4.69) is 10.6 Å². The van der Waals surface area contributed by atoms with E-state index in [9.17, 15) is 38.4 Å². The lowest BCUT2D eigenvalue weighted by molar-refractivity contribution is -0.156. The van der Waals surface area contributed by atoms with Crippen molar-refractivity contribution < 1.29 is 47.8 Å². The number of nitrogens with zero attached hydrogens (tertiary/aromatic N) is 3. The topological polar surface area (TPSA) is 189 Å². The molecule has 0 saturated heterocycles. The molecule has 15 nitrogen and oxygen atoms in total. The van der Waals surface area contributed by atoms with Crippen LogP contribution >= 0.6 is 0 Å². The summed E-state index contributed by atoms with van der Waals surface area (Å²) in [4.78, 5) is 111. The molecule has 0 radical (unpaired) electrons. The van der Waals surface area contributed by atoms with Crippen LogP contribution in [0.3, 0.4) is 0 Å². The summed E-state index contributed by atoms with van der Waals surface area (Å²) >= 11 is 0. The van der Waals surface area contributed by atoms with Crippen LogP contribution in [-0.4, -0.2) is 118 Å². The molecular formula is C47H71N5O10. The number of Topliss-reactive ketones (excluding diaryl/α,β-unsaturated/α-hetero) is 1. The van der Waals surface area contributed by atoms with Crippen molar-refractivity contribution in [2.24, 2.45) is 11.3 Å². The van der Waals surface area contributed by atoms with Gasteiger partial charge in [-0.1, -0.05) is 84.9 Å². The fourth-order valence-corrected chi connectivity index (χ4v) is 7.06. The highest BCUT2D eigenvalue weighted by Gasteiger charge is 2.46. The lowest BCUT2D eigenvalue weighted by Crippen LogP contribution is -2.63. The second kappa shape index (κ2) is 21.2. The van der Waals surface area contributed by atoms with Crippen LogP contribution in [0.1, 0.15) is 122 Å². The first-order valence-electron chi connectivity index (χ1n) is 21.1. The number of ketones is 1. The largest absolute Gasteiger partial charge is 0.460 e. The molecule has 6 amide bonds. The van der Waals surface area contributed by atoms with E-state index in [0.717, 1.165) is 22.6 Å². The van der Waals surface area contributed by atoms with Crippen LogP contribution < -0.4 is 10.6 Å². The van der Waals surface area contributed by atoms with E-state index in [1.54, 1.807) is 54.7 Å². The molecule has 2 N–H and O–H groups in total. The summed E-state index contributed by atoms with van der Waals surface area (Å²) in [6, 6.07) is 5.12. The van der Waals surface area contributed by atoms with Gasteiger partial charge >= 0.3 is 12.1 Å². The van der Waals surface area contributed by atoms with Gasteiger partial charge in [-0.25, -0.2) is 4.79 Å². The molecule has 1 aromatic carbocycles. The van der Waals surface area contributed by atoms with Crippen LogP contribution in [0.25, 0.3) is 0 Å². The number of likely N-dealkylation sites (N-methyl/N-ethyl adjacent to an activating group) is 2. The number of ether oxygens (including phenoxy) is 2. The third kappa shape index (κ3) is 15.2. The maximum absolute atomic E-state index is 14.6. The zero-order valence-electron chi connectivity index (χ0n) is 39.8. The van der Waals surface area contributed by atoms with E-state index in [0.29, 0.717) is 0 Å². The second-order valence-corrected chi connectivity index (χ2v) is 20.0. The molecule has 1 aliphatic rings. The number of carbonyl (C=O) groups is 8. The van der Waals surface area contributed by atoms with Gasteiger partial charge in [-0.05, 0) is 71.8 Å². The molecule has 0 unspecified atom stereocenters. The van der Waals surface area contributed by atoms with Crippen molar-refractivity contribution in [2.75, 3.05) is 20.6 Å². The zero-order chi connectivity index (χ0) is 47.7. The third-order valence-corrected chi connectivity index (χ3v) is 10.4. The average molecular weight is 866 g/mol. The Morgan fingerprint density at radius 1 is 0.774 bits per heavy atom. The number of esters is 1. The number of nitrogens with one attached hydrogen (secondary N) is 2. The van der Waals surface area contributed by atoms with Gasteiger partial charge in [0.15, 0.2) is 5.78 Å². The van der Waals surface area contributed by atoms with Crippen LogP contribution in [-0.2, 0) is 48.5 Å². The Bertz CT molecular complexity index is 1860. The van der Waals surface area contributed by atoms with Gasteiger partial charge in [0.25, 0.3) is 11.8 Å². The molecular weight excluding hydrogens is 795 g/mol. The van der Waals surface area contributed by atoms with Gasteiger partial charge in [-0.2, -0.15) is 0 Å². The number of rotatable bonds is 18. The molecule has 1 aromatic rings. The van der Waals surface area contributed by atoms with Gasteiger partial charge in [0.05, 0.1) is 18.5 Å². The number of imide groups is 1. The van der Waals surface area contributed by atoms with E-state index < -0.39 is 100 Å². The Balaban J connectivity index is 2.44. The van der Waals surface area contributed by atoms with Gasteiger partial charge in [-0.15, -0.1) is 0 Å². The molecule has 2 rings (SSSR count). The Kier molecular flexibility index (Phi) is 18.0. The Morgan fingerprint density at radius 3 is 1.79 bits per heavy atom. The summed E-state index contributed by atoms with van der Waals surface area (Å²) in [5.74, 6) is -4.09. The van der Waals surface area contributed by atoms with Gasteiger partial charge < -0.3 is 25.0 Å². The minimum absolute atomic E-state index is 0.0131. The van der Waals surface area contributed by atoms with E-state index in [-0.39, 0.29) is 30.9 Å². The van der Waals surface area contributed by atoms with Crippen molar-refractivity contribution >= 4 is 47.4 Å². The smallest absolute Gasteiger partial charge is 0.410 e. The number of benzene rings is 1. The first kappa shape index (κ1) is 52.8. The molecule has 62 heavy (non-hydrogen) atoms. The first-order valence-corrected chi connectivity index (χ1v) is 21.1. The summed E-state index contributed by atoms with van der Waals surface area (Å²) < 4.78 is 11.1. The SMILES string of the molecule is C/C(=C\[C@H](C(C)C)N(C)C(=O)[C@@H](NC(=O)[C@@H](N(C)C(=O)OC(C)(C)C)C(C)(C)c1ccccc1)C(C)(C)C)C(=O)N[C@H](CC(=O)OC(C)(C)C)C(=O)CCCN1C(=O)C=CC1=O. The molecule has 0 aliphatic carbocycles. The monoisotopic (exact) mass is 866 g/mol. The summed E-state index contributed by atoms with van der Waals surface area (Å²) in [7, 11) is 3.08. The number of amides is 6. The van der Waals surface area contributed by atoms with Crippen molar-refractivity contribution in [1.29, 1.82) is 0 Å². The summed E-state index contributed by atoms with van der Waals surface area (Å²) in [6.45, 7) is 24.6. The summed E-state index contributed by atoms with van der Waals surface area (Å²) in [6.07, 6.45) is 2.71. The van der Waals surface area contributed by atoms with Gasteiger partial charge in [0, 0.05) is 50.2 Å². The maximum Gasteiger partial charge on any atom is 0.410 e. The van der Waals surface area contributed by atoms with Crippen LogP contribution in [0, 0.1) is 11.3 Å². The summed E-state index contributed by atoms with van der Waals surface area (Å²) in [5, 5.41) is 5.66. The Labute approximate surface area is 368 Å². The van der Waals surface area contributed by atoms with Crippen LogP contribution in [0.15, 0.2) is 54.1 Å². The van der Waals surface area contributed by atoms with Crippen molar-refractivity contribution in [3.05, 3.63) is 59.7 Å². The number of hydrogen-bond donors (Lipinski definition) is 2. The molecule has 0 saturated carbocycles. The first-order chi connectivity index (χ1) is 28.3. The van der Waals surface area contributed by atoms with Gasteiger partial charge in [-0.3, -0.25) is 43.4 Å². The predicted octanol–water partition coefficient (Wildman–Crippen LogP) is 5.65. The fraction of sp³-hybridized carbons (Fsp3) is 0.617. The predicted molar refractivity (Wildman–Crippen MR) is 236 cm³/mol. The van der Waals surface area contributed by atoms with Gasteiger partial charge in [0.2, 0.25) is 17.7 Å². The fourth-order valence-electron chi connectivity index (χ4n) is 7.06. The molecule has 0 spiro atoms. The van der Waals surface area contributed by atoms with Crippen molar-refractivity contribution in [2.45, 2.75) is 157 Å². The summed E-state index contributed by atoms with van der Waals surface area (Å²) in [5.41, 5.74) is -2.53. The molecule has 0 aromatic heterocycles. The van der Waals surface area contributed by atoms with E-state index in [1.807, 2.05) is 78.8 Å². The van der Waals surface area contributed by atoms with Gasteiger partial charge in [0.1, 0.15) is 23.3 Å². The normalized spacial score (nSPS) is 15.7. The minimum Gasteiger partial charge on any atom is -0.460 e. The number of carbonyl (C=O) groups excluding carboxylic acids is 8. The molecule has 1 aliphatic heterocycles. The van der Waals surface area contributed by atoms with Crippen LogP contribution in [0.5, 0.6) is 0 Å². The molecule has 4 atom stereocenters. The molecule has 0 fully saturated rings. The minimum atomic E-state index is -1.28. The Morgan fingerprint density at radius 2 is 1.31 bits per heavy atom. The van der Waals surface area contributed by atoms with Crippen molar-refractivity contribution in [3.63, 3.8) is 0 Å². The third-order valence-electron chi connectivity index (χ3n) is 10.4.